The highest BCUT2D eigenvalue weighted by atomic mass is 16.5. The van der Waals surface area contributed by atoms with E-state index in [2.05, 4.69) is 4.74 Å². The molecule has 0 bridgehead atoms. The van der Waals surface area contributed by atoms with E-state index in [1.54, 1.807) is 6.92 Å². The standard InChI is InChI=1S/C7H10O4.C3H6O.2CH4/c1-3-11-7(10)6(9)4-5(2)8;1-3(2)4;;/h3-4H2,1-2H3;1-2H3;2*1H4. The largest absolute Gasteiger partial charge is 0.460 e. The number of carbonyl (C=O) groups excluding carboxylic acids is 4. The van der Waals surface area contributed by atoms with Gasteiger partial charge in [-0.05, 0) is 27.7 Å². The second kappa shape index (κ2) is 14.5. The molecule has 0 rings (SSSR count). The van der Waals surface area contributed by atoms with Gasteiger partial charge in [0.2, 0.25) is 5.78 Å². The molecule has 0 amide bonds. The highest BCUT2D eigenvalue weighted by molar-refractivity contribution is 6.36. The Labute approximate surface area is 104 Å². The number of hydrogen-bond acceptors (Lipinski definition) is 5. The van der Waals surface area contributed by atoms with Crippen LogP contribution in [0.2, 0.25) is 0 Å². The maximum absolute atomic E-state index is 10.6. The lowest BCUT2D eigenvalue weighted by Gasteiger charge is -1.97. The molecule has 0 aliphatic rings. The lowest BCUT2D eigenvalue weighted by Crippen LogP contribution is -2.19. The van der Waals surface area contributed by atoms with E-state index < -0.39 is 11.8 Å². The van der Waals surface area contributed by atoms with E-state index in [4.69, 9.17) is 0 Å². The van der Waals surface area contributed by atoms with E-state index in [9.17, 15) is 19.2 Å². The van der Waals surface area contributed by atoms with Crippen LogP contribution in [-0.4, -0.2) is 29.9 Å². The Kier molecular flexibility index (Phi) is 21.0. The van der Waals surface area contributed by atoms with Crippen molar-refractivity contribution in [1.29, 1.82) is 0 Å². The molecule has 0 N–H and O–H groups in total. The third kappa shape index (κ3) is 25.1. The second-order valence-electron chi connectivity index (χ2n) is 2.93. The zero-order valence-electron chi connectivity index (χ0n) is 9.46. The molecule has 102 valence electrons. The first-order chi connectivity index (χ1) is 6.81. The summed E-state index contributed by atoms with van der Waals surface area (Å²) in [5.41, 5.74) is 0. The molecule has 0 radical (unpaired) electrons. The van der Waals surface area contributed by atoms with Gasteiger partial charge in [0, 0.05) is 0 Å². The minimum absolute atomic E-state index is 0. The quantitative estimate of drug-likeness (QED) is 0.432. The van der Waals surface area contributed by atoms with Crippen molar-refractivity contribution in [2.75, 3.05) is 6.61 Å². The lowest BCUT2D eigenvalue weighted by atomic mass is 10.2. The van der Waals surface area contributed by atoms with Crippen LogP contribution in [0.5, 0.6) is 0 Å². The molecular formula is C12H24O5. The fraction of sp³-hybridized carbons (Fsp3) is 0.667. The Morgan fingerprint density at radius 1 is 0.941 bits per heavy atom. The van der Waals surface area contributed by atoms with Crippen molar-refractivity contribution in [3.63, 3.8) is 0 Å². The molecule has 5 nitrogen and oxygen atoms in total. The van der Waals surface area contributed by atoms with Crippen LogP contribution in [0, 0.1) is 0 Å². The Hall–Kier alpha value is -1.52. The summed E-state index contributed by atoms with van der Waals surface area (Å²) in [6.45, 7) is 6.05. The van der Waals surface area contributed by atoms with Gasteiger partial charge in [0.1, 0.15) is 11.6 Å². The van der Waals surface area contributed by atoms with Crippen molar-refractivity contribution >= 4 is 23.3 Å². The highest BCUT2D eigenvalue weighted by Gasteiger charge is 2.15. The average Bonchev–Trinajstić information content (AvgIpc) is 2.02. The summed E-state index contributed by atoms with van der Waals surface area (Å²) in [5, 5.41) is 0. The average molecular weight is 248 g/mol. The Morgan fingerprint density at radius 2 is 1.29 bits per heavy atom. The number of esters is 1. The smallest absolute Gasteiger partial charge is 0.375 e. The van der Waals surface area contributed by atoms with E-state index in [1.165, 1.54) is 20.8 Å². The first-order valence-corrected chi connectivity index (χ1v) is 4.47. The molecule has 0 heterocycles. The first kappa shape index (κ1) is 24.6. The topological polar surface area (TPSA) is 77.5 Å². The maximum atomic E-state index is 10.6. The molecule has 0 aromatic heterocycles. The SMILES string of the molecule is C.C.CC(C)=O.CCOC(=O)C(=O)CC(C)=O. The van der Waals surface area contributed by atoms with Gasteiger partial charge in [0.05, 0.1) is 13.0 Å². The fourth-order valence-corrected chi connectivity index (χ4v) is 0.510. The van der Waals surface area contributed by atoms with Gasteiger partial charge < -0.3 is 9.53 Å². The molecule has 0 aromatic rings. The van der Waals surface area contributed by atoms with Gasteiger partial charge in [-0.3, -0.25) is 9.59 Å². The molecule has 0 saturated carbocycles. The number of carbonyl (C=O) groups is 4. The molecular weight excluding hydrogens is 224 g/mol. The predicted molar refractivity (Wildman–Crippen MR) is 66.8 cm³/mol. The lowest BCUT2D eigenvalue weighted by molar-refractivity contribution is -0.154. The Bertz CT molecular complexity index is 252. The van der Waals surface area contributed by atoms with Crippen LogP contribution in [0.4, 0.5) is 0 Å². The zero-order valence-corrected chi connectivity index (χ0v) is 9.46. The van der Waals surface area contributed by atoms with Gasteiger partial charge in [-0.2, -0.15) is 0 Å². The molecule has 0 saturated heterocycles. The normalized spacial score (nSPS) is 7.29. The third-order valence-electron chi connectivity index (χ3n) is 0.913. The molecule has 0 aliphatic carbocycles. The van der Waals surface area contributed by atoms with Crippen molar-refractivity contribution in [3.8, 4) is 0 Å². The van der Waals surface area contributed by atoms with Crippen LogP contribution in [0.15, 0.2) is 0 Å². The number of ether oxygens (including phenoxy) is 1. The minimum atomic E-state index is -0.928. The summed E-state index contributed by atoms with van der Waals surface area (Å²) in [7, 11) is 0. The van der Waals surface area contributed by atoms with Crippen LogP contribution in [0.1, 0.15) is 49.0 Å². The summed E-state index contributed by atoms with van der Waals surface area (Å²) in [4.78, 5) is 41.0. The first-order valence-electron chi connectivity index (χ1n) is 4.47. The summed E-state index contributed by atoms with van der Waals surface area (Å²) in [6, 6.07) is 0. The van der Waals surface area contributed by atoms with Crippen LogP contribution >= 0.6 is 0 Å². The summed E-state index contributed by atoms with van der Waals surface area (Å²) in [5.74, 6) is -1.87. The van der Waals surface area contributed by atoms with Crippen molar-refractivity contribution < 1.29 is 23.9 Å². The van der Waals surface area contributed by atoms with Gasteiger partial charge in [-0.1, -0.05) is 14.9 Å². The van der Waals surface area contributed by atoms with E-state index in [0.717, 1.165) is 0 Å². The van der Waals surface area contributed by atoms with E-state index in [1.807, 2.05) is 0 Å². The predicted octanol–water partition coefficient (Wildman–Crippen LogP) is 1.97. The van der Waals surface area contributed by atoms with Crippen molar-refractivity contribution in [2.24, 2.45) is 0 Å². The van der Waals surface area contributed by atoms with Gasteiger partial charge >= 0.3 is 5.97 Å². The van der Waals surface area contributed by atoms with Crippen LogP contribution in [0.25, 0.3) is 0 Å². The monoisotopic (exact) mass is 248 g/mol. The van der Waals surface area contributed by atoms with E-state index in [-0.39, 0.29) is 39.4 Å². The number of ketones is 3. The molecule has 0 fully saturated rings. The second-order valence-corrected chi connectivity index (χ2v) is 2.93. The van der Waals surface area contributed by atoms with Crippen molar-refractivity contribution in [3.05, 3.63) is 0 Å². The number of hydrogen-bond donors (Lipinski definition) is 0. The Morgan fingerprint density at radius 3 is 1.53 bits per heavy atom. The Balaban J connectivity index is -0.000000123. The van der Waals surface area contributed by atoms with Gasteiger partial charge in [0.25, 0.3) is 0 Å². The molecule has 5 heteroatoms. The third-order valence-corrected chi connectivity index (χ3v) is 0.913. The molecule has 0 aromatic carbocycles. The minimum Gasteiger partial charge on any atom is -0.460 e. The van der Waals surface area contributed by atoms with Crippen molar-refractivity contribution in [2.45, 2.75) is 49.0 Å². The molecule has 17 heavy (non-hydrogen) atoms. The zero-order chi connectivity index (χ0) is 12.4. The van der Waals surface area contributed by atoms with E-state index >= 15 is 0 Å². The molecule has 0 atom stereocenters. The molecule has 0 spiro atoms. The van der Waals surface area contributed by atoms with Crippen molar-refractivity contribution in [1.82, 2.24) is 0 Å². The fourth-order valence-electron chi connectivity index (χ4n) is 0.510. The van der Waals surface area contributed by atoms with E-state index in [0.29, 0.717) is 0 Å². The van der Waals surface area contributed by atoms with Crippen LogP contribution in [-0.2, 0) is 23.9 Å². The highest BCUT2D eigenvalue weighted by Crippen LogP contribution is 1.88. The molecule has 0 unspecified atom stereocenters. The number of Topliss-reactive ketones (excluding diaryl/α,β-unsaturated/α-hetero) is 3. The maximum Gasteiger partial charge on any atom is 0.375 e. The summed E-state index contributed by atoms with van der Waals surface area (Å²) < 4.78 is 4.36. The number of rotatable bonds is 4. The molecule has 0 aliphatic heterocycles. The van der Waals surface area contributed by atoms with Crippen LogP contribution < -0.4 is 0 Å². The summed E-state index contributed by atoms with van der Waals surface area (Å²) >= 11 is 0. The van der Waals surface area contributed by atoms with Crippen LogP contribution in [0.3, 0.4) is 0 Å². The van der Waals surface area contributed by atoms with Gasteiger partial charge in [-0.15, -0.1) is 0 Å². The van der Waals surface area contributed by atoms with Gasteiger partial charge in [-0.25, -0.2) is 4.79 Å². The summed E-state index contributed by atoms with van der Waals surface area (Å²) in [6.07, 6.45) is -0.362. The van der Waals surface area contributed by atoms with Gasteiger partial charge in [0.15, 0.2) is 0 Å².